The molecule has 0 heterocycles. The molecule has 0 saturated carbocycles. The quantitative estimate of drug-likeness (QED) is 0.497. The number of ether oxygens (including phenoxy) is 3. The molecule has 0 aliphatic heterocycles. The van der Waals surface area contributed by atoms with Crippen LogP contribution in [-0.2, 0) is 4.79 Å². The zero-order valence-electron chi connectivity index (χ0n) is 17.8. The summed E-state index contributed by atoms with van der Waals surface area (Å²) in [6, 6.07) is 14.9. The van der Waals surface area contributed by atoms with Crippen LogP contribution in [0, 0.1) is 11.3 Å². The highest BCUT2D eigenvalue weighted by atomic mass is 16.5. The van der Waals surface area contributed by atoms with Gasteiger partial charge in [-0.05, 0) is 61.4 Å². The molecule has 2 aromatic rings. The summed E-state index contributed by atoms with van der Waals surface area (Å²) in [6.07, 6.45) is 4.37. The third-order valence-electron chi connectivity index (χ3n) is 4.24. The fraction of sp³-hybridized carbons (Fsp3) is 0.333. The average molecular weight is 408 g/mol. The molecule has 6 heteroatoms. The van der Waals surface area contributed by atoms with Crippen molar-refractivity contribution in [3.8, 4) is 23.3 Å². The van der Waals surface area contributed by atoms with Gasteiger partial charge in [-0.1, -0.05) is 13.0 Å². The zero-order valence-corrected chi connectivity index (χ0v) is 17.8. The monoisotopic (exact) mass is 408 g/mol. The van der Waals surface area contributed by atoms with E-state index in [1.54, 1.807) is 18.1 Å². The maximum Gasteiger partial charge on any atom is 0.251 e. The van der Waals surface area contributed by atoms with Gasteiger partial charge in [-0.25, -0.2) is 0 Å². The number of hydrogen-bond acceptors (Lipinski definition) is 5. The molecule has 0 aliphatic carbocycles. The van der Waals surface area contributed by atoms with Crippen LogP contribution in [0.25, 0.3) is 6.08 Å². The van der Waals surface area contributed by atoms with E-state index < -0.39 is 0 Å². The molecular formula is C24H28N2O4. The Balaban J connectivity index is 2.18. The summed E-state index contributed by atoms with van der Waals surface area (Å²) < 4.78 is 16.5. The van der Waals surface area contributed by atoms with Crippen LogP contribution in [0.4, 0.5) is 5.69 Å². The van der Waals surface area contributed by atoms with Crippen LogP contribution < -0.4 is 19.1 Å². The highest BCUT2D eigenvalue weighted by Gasteiger charge is 2.13. The van der Waals surface area contributed by atoms with Crippen molar-refractivity contribution in [2.45, 2.75) is 26.7 Å². The Hall–Kier alpha value is -3.46. The van der Waals surface area contributed by atoms with E-state index in [1.807, 2.05) is 56.3 Å². The smallest absolute Gasteiger partial charge is 0.251 e. The highest BCUT2D eigenvalue weighted by molar-refractivity contribution is 6.03. The van der Waals surface area contributed by atoms with Gasteiger partial charge in [0.1, 0.15) is 5.75 Å². The number of carbonyl (C=O) groups is 1. The molecule has 0 N–H and O–H groups in total. The van der Waals surface area contributed by atoms with Crippen molar-refractivity contribution in [2.24, 2.45) is 0 Å². The first-order valence-electron chi connectivity index (χ1n) is 10.0. The largest absolute Gasteiger partial charge is 0.494 e. The Morgan fingerprint density at radius 2 is 1.87 bits per heavy atom. The first-order valence-corrected chi connectivity index (χ1v) is 10.0. The van der Waals surface area contributed by atoms with Crippen molar-refractivity contribution in [1.29, 1.82) is 5.26 Å². The van der Waals surface area contributed by atoms with Crippen molar-refractivity contribution in [3.63, 3.8) is 0 Å². The van der Waals surface area contributed by atoms with Crippen LogP contribution in [0.1, 0.15) is 32.3 Å². The fourth-order valence-electron chi connectivity index (χ4n) is 2.79. The second-order valence-corrected chi connectivity index (χ2v) is 6.42. The average Bonchev–Trinajstić information content (AvgIpc) is 2.78. The van der Waals surface area contributed by atoms with Crippen molar-refractivity contribution in [3.05, 3.63) is 54.1 Å². The molecule has 6 nitrogen and oxygen atoms in total. The number of rotatable bonds is 11. The molecule has 0 spiro atoms. The Bertz CT molecular complexity index is 885. The molecule has 30 heavy (non-hydrogen) atoms. The van der Waals surface area contributed by atoms with E-state index in [-0.39, 0.29) is 12.3 Å². The fourth-order valence-corrected chi connectivity index (χ4v) is 2.79. The van der Waals surface area contributed by atoms with Crippen molar-refractivity contribution < 1.29 is 19.0 Å². The van der Waals surface area contributed by atoms with Gasteiger partial charge in [-0.3, -0.25) is 4.79 Å². The minimum atomic E-state index is -0.209. The molecule has 0 fully saturated rings. The number of carbonyl (C=O) groups excluding carboxylic acids is 1. The third kappa shape index (κ3) is 6.56. The Morgan fingerprint density at radius 3 is 2.50 bits per heavy atom. The van der Waals surface area contributed by atoms with Crippen molar-refractivity contribution >= 4 is 17.7 Å². The summed E-state index contributed by atoms with van der Waals surface area (Å²) in [5, 5.41) is 8.96. The number of benzene rings is 2. The zero-order chi connectivity index (χ0) is 21.8. The second kappa shape index (κ2) is 12.2. The standard InChI is InChI=1S/C24H28N2O4/c1-4-17-30-22-13-7-19(18-23(22)28-3)8-14-24(27)26(16-6-15-25)20-9-11-21(12-10-20)29-5-2/h7-14,18H,4-6,16-17H2,1-3H3/b14-8+. The molecule has 158 valence electrons. The van der Waals surface area contributed by atoms with E-state index in [0.717, 1.165) is 17.7 Å². The van der Waals surface area contributed by atoms with Gasteiger partial charge in [-0.2, -0.15) is 5.26 Å². The number of hydrogen-bond donors (Lipinski definition) is 0. The first-order chi connectivity index (χ1) is 14.6. The molecular weight excluding hydrogens is 380 g/mol. The van der Waals surface area contributed by atoms with E-state index in [2.05, 4.69) is 6.07 Å². The second-order valence-electron chi connectivity index (χ2n) is 6.42. The summed E-state index contributed by atoms with van der Waals surface area (Å²) in [6.45, 7) is 5.45. The summed E-state index contributed by atoms with van der Waals surface area (Å²) in [5.74, 6) is 1.82. The molecule has 2 aromatic carbocycles. The minimum absolute atomic E-state index is 0.209. The predicted octanol–water partition coefficient (Wildman–Crippen LogP) is 4.84. The Kier molecular flexibility index (Phi) is 9.26. The summed E-state index contributed by atoms with van der Waals surface area (Å²) in [7, 11) is 1.59. The first kappa shape index (κ1) is 22.8. The van der Waals surface area contributed by atoms with Gasteiger partial charge in [0.15, 0.2) is 11.5 Å². The van der Waals surface area contributed by atoms with Crippen LogP contribution in [-0.4, -0.2) is 32.8 Å². The van der Waals surface area contributed by atoms with Crippen LogP contribution in [0.5, 0.6) is 17.2 Å². The van der Waals surface area contributed by atoms with Crippen LogP contribution >= 0.6 is 0 Å². The minimum Gasteiger partial charge on any atom is -0.494 e. The SMILES string of the molecule is CCCOc1ccc(/C=C/C(=O)N(CCC#N)c2ccc(OCC)cc2)cc1OC. The van der Waals surface area contributed by atoms with Gasteiger partial charge in [-0.15, -0.1) is 0 Å². The van der Waals surface area contributed by atoms with E-state index in [1.165, 1.54) is 6.08 Å². The summed E-state index contributed by atoms with van der Waals surface area (Å²) >= 11 is 0. The lowest BCUT2D eigenvalue weighted by Crippen LogP contribution is -2.30. The van der Waals surface area contributed by atoms with Crippen molar-refractivity contribution in [1.82, 2.24) is 0 Å². The summed E-state index contributed by atoms with van der Waals surface area (Å²) in [5.41, 5.74) is 1.53. The number of amides is 1. The van der Waals surface area contributed by atoms with Gasteiger partial charge in [0, 0.05) is 18.3 Å². The van der Waals surface area contributed by atoms with E-state index >= 15 is 0 Å². The molecule has 1 amide bonds. The molecule has 0 bridgehead atoms. The number of methoxy groups -OCH3 is 1. The topological polar surface area (TPSA) is 71.8 Å². The molecule has 0 unspecified atom stereocenters. The van der Waals surface area contributed by atoms with Gasteiger partial charge in [0.2, 0.25) is 0 Å². The molecule has 0 saturated heterocycles. The molecule has 0 atom stereocenters. The third-order valence-corrected chi connectivity index (χ3v) is 4.24. The van der Waals surface area contributed by atoms with Crippen LogP contribution in [0.3, 0.4) is 0 Å². The van der Waals surface area contributed by atoms with Crippen LogP contribution in [0.2, 0.25) is 0 Å². The Morgan fingerprint density at radius 1 is 1.10 bits per heavy atom. The molecule has 0 aliphatic rings. The van der Waals surface area contributed by atoms with E-state index in [0.29, 0.717) is 36.9 Å². The van der Waals surface area contributed by atoms with Gasteiger partial charge in [0.05, 0.1) is 32.8 Å². The maximum atomic E-state index is 12.8. The lowest BCUT2D eigenvalue weighted by atomic mass is 10.1. The lowest BCUT2D eigenvalue weighted by molar-refractivity contribution is -0.114. The number of anilines is 1. The number of nitriles is 1. The maximum absolute atomic E-state index is 12.8. The molecule has 2 rings (SSSR count). The van der Waals surface area contributed by atoms with Crippen LogP contribution in [0.15, 0.2) is 48.5 Å². The predicted molar refractivity (Wildman–Crippen MR) is 118 cm³/mol. The van der Waals surface area contributed by atoms with Gasteiger partial charge >= 0.3 is 0 Å². The molecule has 0 aromatic heterocycles. The van der Waals surface area contributed by atoms with E-state index in [4.69, 9.17) is 19.5 Å². The van der Waals surface area contributed by atoms with Gasteiger partial charge < -0.3 is 19.1 Å². The normalized spacial score (nSPS) is 10.5. The molecule has 0 radical (unpaired) electrons. The Labute approximate surface area is 178 Å². The summed E-state index contributed by atoms with van der Waals surface area (Å²) in [4.78, 5) is 14.4. The van der Waals surface area contributed by atoms with Crippen molar-refractivity contribution in [2.75, 3.05) is 31.8 Å². The lowest BCUT2D eigenvalue weighted by Gasteiger charge is -2.20. The van der Waals surface area contributed by atoms with Gasteiger partial charge in [0.25, 0.3) is 5.91 Å². The van der Waals surface area contributed by atoms with E-state index in [9.17, 15) is 4.79 Å². The number of nitrogens with zero attached hydrogens (tertiary/aromatic N) is 2. The highest BCUT2D eigenvalue weighted by Crippen LogP contribution is 2.29.